The molecular weight excluding hydrogens is 390 g/mol. The largest absolute Gasteiger partial charge is 0.483 e. The molecule has 2 amide bonds. The fourth-order valence-corrected chi connectivity index (χ4v) is 2.58. The fourth-order valence-electron chi connectivity index (χ4n) is 2.43. The first kappa shape index (κ1) is 22.2. The highest BCUT2D eigenvalue weighted by Gasteiger charge is 2.11. The third-order valence-electron chi connectivity index (χ3n) is 4.13. The average Bonchev–Trinajstić information content (AvgIpc) is 3.14. The number of thiocarbonyl (C=S) groups is 1. The van der Waals surface area contributed by atoms with Crippen LogP contribution in [0.4, 0.5) is 0 Å². The number of hydrogen-bond donors (Lipinski definition) is 3. The van der Waals surface area contributed by atoms with Crippen LogP contribution in [0.25, 0.3) is 6.08 Å². The summed E-state index contributed by atoms with van der Waals surface area (Å²) in [5, 5.41) is 2.38. The number of para-hydroxylation sites is 1. The standard InChI is InChI=1S/C21H25N3O4S/c1-4-14(2)17-7-5-6-8-18(17)27-13-20(26)23-24-21(29)22-19(25)12-11-16-10-9-15(3)28-16/h5-12,14H,4,13H2,1-3H3,(H,23,26)(H2,22,24,25,29)/b12-11+. The fraction of sp³-hybridized carbons (Fsp3) is 0.286. The van der Waals surface area contributed by atoms with Crippen molar-refractivity contribution in [1.82, 2.24) is 16.2 Å². The van der Waals surface area contributed by atoms with E-state index in [-0.39, 0.29) is 11.7 Å². The summed E-state index contributed by atoms with van der Waals surface area (Å²) in [6.45, 7) is 5.82. The minimum atomic E-state index is -0.454. The van der Waals surface area contributed by atoms with Crippen LogP contribution < -0.4 is 20.9 Å². The van der Waals surface area contributed by atoms with Gasteiger partial charge >= 0.3 is 0 Å². The third-order valence-corrected chi connectivity index (χ3v) is 4.34. The maximum absolute atomic E-state index is 12.0. The van der Waals surface area contributed by atoms with E-state index >= 15 is 0 Å². The van der Waals surface area contributed by atoms with E-state index in [9.17, 15) is 9.59 Å². The summed E-state index contributed by atoms with van der Waals surface area (Å²) in [5.41, 5.74) is 5.90. The van der Waals surface area contributed by atoms with Crippen molar-refractivity contribution in [2.45, 2.75) is 33.1 Å². The van der Waals surface area contributed by atoms with Crippen molar-refractivity contribution in [2.24, 2.45) is 0 Å². The molecule has 0 bridgehead atoms. The van der Waals surface area contributed by atoms with Crippen LogP contribution in [0.1, 0.15) is 43.3 Å². The maximum Gasteiger partial charge on any atom is 0.276 e. The highest BCUT2D eigenvalue weighted by atomic mass is 32.1. The molecule has 0 radical (unpaired) electrons. The number of furan rings is 1. The molecule has 0 saturated heterocycles. The summed E-state index contributed by atoms with van der Waals surface area (Å²) < 4.78 is 10.9. The number of aryl methyl sites for hydroxylation is 1. The second-order valence-corrected chi connectivity index (χ2v) is 6.82. The van der Waals surface area contributed by atoms with Gasteiger partial charge in [0.2, 0.25) is 5.91 Å². The van der Waals surface area contributed by atoms with Gasteiger partial charge in [0.1, 0.15) is 17.3 Å². The molecule has 1 atom stereocenters. The molecule has 3 N–H and O–H groups in total. The zero-order chi connectivity index (χ0) is 21.2. The molecule has 29 heavy (non-hydrogen) atoms. The van der Waals surface area contributed by atoms with Gasteiger partial charge in [-0.05, 0) is 61.3 Å². The van der Waals surface area contributed by atoms with Gasteiger partial charge in [0.25, 0.3) is 5.91 Å². The number of nitrogens with one attached hydrogen (secondary N) is 3. The number of hydrazine groups is 1. The Morgan fingerprint density at radius 1 is 1.21 bits per heavy atom. The second kappa shape index (κ2) is 11.0. The molecule has 0 saturated carbocycles. The monoisotopic (exact) mass is 415 g/mol. The van der Waals surface area contributed by atoms with E-state index in [1.807, 2.05) is 31.2 Å². The Morgan fingerprint density at radius 3 is 2.66 bits per heavy atom. The molecule has 154 valence electrons. The molecule has 0 fully saturated rings. The lowest BCUT2D eigenvalue weighted by atomic mass is 9.98. The zero-order valence-corrected chi connectivity index (χ0v) is 17.5. The first-order valence-electron chi connectivity index (χ1n) is 9.25. The number of carbonyl (C=O) groups excluding carboxylic acids is 2. The smallest absolute Gasteiger partial charge is 0.276 e. The van der Waals surface area contributed by atoms with Gasteiger partial charge in [0.05, 0.1) is 0 Å². The Hall–Kier alpha value is -3.13. The van der Waals surface area contributed by atoms with Crippen LogP contribution in [0.5, 0.6) is 5.75 Å². The lowest BCUT2D eigenvalue weighted by Gasteiger charge is -2.16. The molecule has 0 aliphatic carbocycles. The SMILES string of the molecule is CCC(C)c1ccccc1OCC(=O)NNC(=S)NC(=O)/C=C/c1ccc(C)o1. The normalized spacial score (nSPS) is 11.7. The Balaban J connectivity index is 1.74. The van der Waals surface area contributed by atoms with E-state index in [2.05, 4.69) is 30.0 Å². The molecule has 2 rings (SSSR count). The topological polar surface area (TPSA) is 92.6 Å². The summed E-state index contributed by atoms with van der Waals surface area (Å²) >= 11 is 4.98. The molecule has 1 unspecified atom stereocenters. The minimum Gasteiger partial charge on any atom is -0.483 e. The maximum atomic E-state index is 12.0. The summed E-state index contributed by atoms with van der Waals surface area (Å²) in [5.74, 6) is 1.42. The molecule has 1 aromatic heterocycles. The van der Waals surface area contributed by atoms with E-state index in [0.29, 0.717) is 17.4 Å². The van der Waals surface area contributed by atoms with Crippen molar-refractivity contribution < 1.29 is 18.7 Å². The Bertz CT molecular complexity index is 892. The molecular formula is C21H25N3O4S. The molecule has 2 aromatic rings. The van der Waals surface area contributed by atoms with Crippen LogP contribution in [0.15, 0.2) is 46.9 Å². The van der Waals surface area contributed by atoms with E-state index in [1.165, 1.54) is 12.2 Å². The summed E-state index contributed by atoms with van der Waals surface area (Å²) in [7, 11) is 0. The van der Waals surface area contributed by atoms with Gasteiger partial charge in [-0.3, -0.25) is 25.8 Å². The van der Waals surface area contributed by atoms with Crippen molar-refractivity contribution in [3.05, 3.63) is 59.6 Å². The van der Waals surface area contributed by atoms with Crippen LogP contribution >= 0.6 is 12.2 Å². The molecule has 8 heteroatoms. The van der Waals surface area contributed by atoms with Gasteiger partial charge in [-0.1, -0.05) is 32.0 Å². The molecule has 1 heterocycles. The van der Waals surface area contributed by atoms with Crippen molar-refractivity contribution >= 4 is 35.2 Å². The lowest BCUT2D eigenvalue weighted by molar-refractivity contribution is -0.123. The van der Waals surface area contributed by atoms with Crippen LogP contribution in [0.3, 0.4) is 0 Å². The summed E-state index contributed by atoms with van der Waals surface area (Å²) in [6, 6.07) is 11.2. The van der Waals surface area contributed by atoms with Crippen LogP contribution in [0, 0.1) is 6.92 Å². The number of amides is 2. The molecule has 0 aliphatic heterocycles. The van der Waals surface area contributed by atoms with Crippen molar-refractivity contribution in [3.8, 4) is 5.75 Å². The Kier molecular flexibility index (Phi) is 8.42. The predicted octanol–water partition coefficient (Wildman–Crippen LogP) is 3.22. The van der Waals surface area contributed by atoms with E-state index < -0.39 is 11.8 Å². The predicted molar refractivity (Wildman–Crippen MR) is 115 cm³/mol. The number of carbonyl (C=O) groups is 2. The highest BCUT2D eigenvalue weighted by molar-refractivity contribution is 7.80. The first-order chi connectivity index (χ1) is 13.9. The molecule has 7 nitrogen and oxygen atoms in total. The minimum absolute atomic E-state index is 0.0383. The quantitative estimate of drug-likeness (QED) is 0.365. The first-order valence-corrected chi connectivity index (χ1v) is 9.66. The van der Waals surface area contributed by atoms with Gasteiger partial charge in [0, 0.05) is 6.08 Å². The van der Waals surface area contributed by atoms with Crippen LogP contribution in [-0.4, -0.2) is 23.5 Å². The lowest BCUT2D eigenvalue weighted by Crippen LogP contribution is -2.49. The number of rotatable bonds is 7. The van der Waals surface area contributed by atoms with Crippen molar-refractivity contribution in [1.29, 1.82) is 0 Å². The molecule has 0 spiro atoms. The van der Waals surface area contributed by atoms with Crippen LogP contribution in [-0.2, 0) is 9.59 Å². The number of hydrogen-bond acceptors (Lipinski definition) is 5. The van der Waals surface area contributed by atoms with Gasteiger partial charge in [-0.15, -0.1) is 0 Å². The van der Waals surface area contributed by atoms with E-state index in [4.69, 9.17) is 21.4 Å². The van der Waals surface area contributed by atoms with Crippen molar-refractivity contribution in [2.75, 3.05) is 6.61 Å². The van der Waals surface area contributed by atoms with E-state index in [0.717, 1.165) is 17.7 Å². The Morgan fingerprint density at radius 2 is 1.97 bits per heavy atom. The zero-order valence-electron chi connectivity index (χ0n) is 16.7. The van der Waals surface area contributed by atoms with Gasteiger partial charge in [-0.2, -0.15) is 0 Å². The average molecular weight is 416 g/mol. The summed E-state index contributed by atoms with van der Waals surface area (Å²) in [6.07, 6.45) is 3.77. The van der Waals surface area contributed by atoms with Gasteiger partial charge in [-0.25, -0.2) is 0 Å². The highest BCUT2D eigenvalue weighted by Crippen LogP contribution is 2.28. The number of benzene rings is 1. The molecule has 1 aromatic carbocycles. The third kappa shape index (κ3) is 7.42. The van der Waals surface area contributed by atoms with E-state index in [1.54, 1.807) is 12.1 Å². The van der Waals surface area contributed by atoms with Gasteiger partial charge in [0.15, 0.2) is 11.7 Å². The van der Waals surface area contributed by atoms with Gasteiger partial charge < -0.3 is 9.15 Å². The number of ether oxygens (including phenoxy) is 1. The van der Waals surface area contributed by atoms with Crippen molar-refractivity contribution in [3.63, 3.8) is 0 Å². The summed E-state index contributed by atoms with van der Waals surface area (Å²) in [4.78, 5) is 23.8. The Labute approximate surface area is 175 Å². The molecule has 0 aliphatic rings. The second-order valence-electron chi connectivity index (χ2n) is 6.41. The van der Waals surface area contributed by atoms with Crippen LogP contribution in [0.2, 0.25) is 0 Å².